The average Bonchev–Trinajstić information content (AvgIpc) is 2.96. The topological polar surface area (TPSA) is 43.8 Å². The second-order valence-electron chi connectivity index (χ2n) is 4.41. The lowest BCUT2D eigenvalue weighted by Gasteiger charge is -2.04. The summed E-state index contributed by atoms with van der Waals surface area (Å²) in [6.07, 6.45) is 1.08. The largest absolute Gasteiger partial charge is 0.369 e. The van der Waals surface area contributed by atoms with Crippen molar-refractivity contribution in [2.75, 3.05) is 5.73 Å². The van der Waals surface area contributed by atoms with Crippen LogP contribution >= 0.6 is 27.3 Å². The maximum Gasteiger partial charge on any atom is 0.201 e. The molecule has 0 fully saturated rings. The summed E-state index contributed by atoms with van der Waals surface area (Å²) in [5.41, 5.74) is 8.04. The number of hydrogen-bond acceptors (Lipinski definition) is 3. The Morgan fingerprint density at radius 1 is 1.26 bits per heavy atom. The van der Waals surface area contributed by atoms with E-state index < -0.39 is 0 Å². The summed E-state index contributed by atoms with van der Waals surface area (Å²) in [6.45, 7) is 2.96. The Bertz CT molecular complexity index is 729. The first-order valence-corrected chi connectivity index (χ1v) is 7.77. The predicted molar refractivity (Wildman–Crippen MR) is 84.6 cm³/mol. The number of nitrogens with zero attached hydrogens (tertiary/aromatic N) is 2. The summed E-state index contributed by atoms with van der Waals surface area (Å²) in [4.78, 5) is 7.11. The van der Waals surface area contributed by atoms with Crippen LogP contribution < -0.4 is 5.73 Å². The van der Waals surface area contributed by atoms with Crippen LogP contribution in [0.1, 0.15) is 16.7 Å². The molecule has 98 valence electrons. The van der Waals surface area contributed by atoms with E-state index in [1.807, 2.05) is 23.5 Å². The van der Waals surface area contributed by atoms with E-state index in [1.165, 1.54) is 9.75 Å². The lowest BCUT2D eigenvalue weighted by molar-refractivity contribution is 0.852. The normalized spacial score (nSPS) is 11.3. The Labute approximate surface area is 124 Å². The number of aryl methyl sites for hydroxylation is 1. The van der Waals surface area contributed by atoms with Crippen LogP contribution in [-0.2, 0) is 13.0 Å². The number of nitrogen functional groups attached to an aromatic ring is 1. The molecule has 0 amide bonds. The van der Waals surface area contributed by atoms with Crippen LogP contribution in [0.5, 0.6) is 0 Å². The predicted octanol–water partition coefficient (Wildman–Crippen LogP) is 4.05. The van der Waals surface area contributed by atoms with Crippen molar-refractivity contribution in [3.8, 4) is 0 Å². The van der Waals surface area contributed by atoms with Crippen molar-refractivity contribution in [3.05, 3.63) is 44.6 Å². The van der Waals surface area contributed by atoms with E-state index in [-0.39, 0.29) is 0 Å². The number of thiophene rings is 1. The molecule has 0 saturated heterocycles. The number of halogens is 1. The molecular formula is C14H14BrN3S. The van der Waals surface area contributed by atoms with Crippen molar-refractivity contribution in [2.24, 2.45) is 0 Å². The molecule has 0 unspecified atom stereocenters. The van der Waals surface area contributed by atoms with Crippen LogP contribution in [0.3, 0.4) is 0 Å². The highest BCUT2D eigenvalue weighted by Gasteiger charge is 2.10. The molecule has 0 aliphatic heterocycles. The number of benzene rings is 1. The summed E-state index contributed by atoms with van der Waals surface area (Å²) in [6, 6.07) is 10.4. The fourth-order valence-electron chi connectivity index (χ4n) is 2.13. The molecule has 3 nitrogen and oxygen atoms in total. The van der Waals surface area contributed by atoms with Crippen molar-refractivity contribution in [2.45, 2.75) is 19.9 Å². The number of fused-ring (bicyclic) bond motifs is 1. The Hall–Kier alpha value is -1.33. The quantitative estimate of drug-likeness (QED) is 0.784. The fraction of sp³-hybridized carbons (Fsp3) is 0.214. The minimum absolute atomic E-state index is 0.569. The van der Waals surface area contributed by atoms with Gasteiger partial charge in [0.15, 0.2) is 0 Å². The summed E-state index contributed by atoms with van der Waals surface area (Å²) in [5.74, 6) is 0.569. The van der Waals surface area contributed by atoms with Crippen LogP contribution in [-0.4, -0.2) is 9.55 Å². The average molecular weight is 336 g/mol. The van der Waals surface area contributed by atoms with Crippen molar-refractivity contribution in [3.63, 3.8) is 0 Å². The zero-order valence-corrected chi connectivity index (χ0v) is 13.0. The highest BCUT2D eigenvalue weighted by Crippen LogP contribution is 2.25. The molecule has 2 heterocycles. The first-order valence-electron chi connectivity index (χ1n) is 6.16. The molecule has 0 radical (unpaired) electrons. The van der Waals surface area contributed by atoms with E-state index in [4.69, 9.17) is 5.73 Å². The minimum atomic E-state index is 0.569. The summed E-state index contributed by atoms with van der Waals surface area (Å²) in [5, 5.41) is 0. The van der Waals surface area contributed by atoms with Crippen molar-refractivity contribution in [1.29, 1.82) is 0 Å². The van der Waals surface area contributed by atoms with Crippen LogP contribution in [0.2, 0.25) is 0 Å². The molecule has 2 aromatic heterocycles. The molecule has 0 aliphatic rings. The summed E-state index contributed by atoms with van der Waals surface area (Å²) < 4.78 is 3.10. The van der Waals surface area contributed by atoms with Crippen molar-refractivity contribution in [1.82, 2.24) is 9.55 Å². The van der Waals surface area contributed by atoms with E-state index in [9.17, 15) is 0 Å². The second-order valence-corrected chi connectivity index (χ2v) is 6.58. The standard InChI is InChI=1S/C14H14BrN3S/c1-2-10-4-5-11(19-10)8-18-13-7-9(15)3-6-12(13)17-14(18)16/h3-7H,2,8H2,1H3,(H2,16,17). The molecular weight excluding hydrogens is 322 g/mol. The molecule has 0 bridgehead atoms. The van der Waals surface area contributed by atoms with Gasteiger partial charge in [-0.2, -0.15) is 0 Å². The van der Waals surface area contributed by atoms with Gasteiger partial charge in [0.05, 0.1) is 17.6 Å². The van der Waals surface area contributed by atoms with Gasteiger partial charge in [-0.3, -0.25) is 0 Å². The third-order valence-electron chi connectivity index (χ3n) is 3.12. The molecule has 3 aromatic rings. The van der Waals surface area contributed by atoms with Gasteiger partial charge >= 0.3 is 0 Å². The maximum absolute atomic E-state index is 6.03. The highest BCUT2D eigenvalue weighted by atomic mass is 79.9. The van der Waals surface area contributed by atoms with Gasteiger partial charge in [0.25, 0.3) is 0 Å². The molecule has 1 aromatic carbocycles. The van der Waals surface area contributed by atoms with Gasteiger partial charge in [-0.1, -0.05) is 22.9 Å². The first-order chi connectivity index (χ1) is 9.17. The maximum atomic E-state index is 6.03. The van der Waals surface area contributed by atoms with Crippen LogP contribution in [0.15, 0.2) is 34.8 Å². The van der Waals surface area contributed by atoms with E-state index in [0.29, 0.717) is 5.95 Å². The SMILES string of the molecule is CCc1ccc(Cn2c(N)nc3ccc(Br)cc32)s1. The molecule has 3 rings (SSSR count). The molecule has 0 atom stereocenters. The zero-order valence-electron chi connectivity index (χ0n) is 10.6. The molecule has 0 spiro atoms. The Kier molecular flexibility index (Phi) is 3.33. The fourth-order valence-corrected chi connectivity index (χ4v) is 3.43. The van der Waals surface area contributed by atoms with Gasteiger partial charge in [-0.25, -0.2) is 4.98 Å². The third-order valence-corrected chi connectivity index (χ3v) is 4.83. The lowest BCUT2D eigenvalue weighted by atomic mass is 10.3. The van der Waals surface area contributed by atoms with Crippen LogP contribution in [0, 0.1) is 0 Å². The Morgan fingerprint density at radius 2 is 2.05 bits per heavy atom. The number of anilines is 1. The molecule has 2 N–H and O–H groups in total. The number of hydrogen-bond donors (Lipinski definition) is 1. The zero-order chi connectivity index (χ0) is 13.4. The van der Waals surface area contributed by atoms with E-state index in [1.54, 1.807) is 0 Å². The van der Waals surface area contributed by atoms with E-state index in [2.05, 4.69) is 50.6 Å². The monoisotopic (exact) mass is 335 g/mol. The smallest absolute Gasteiger partial charge is 0.201 e. The number of rotatable bonds is 3. The Balaban J connectivity index is 2.04. The third kappa shape index (κ3) is 2.40. The van der Waals surface area contributed by atoms with Crippen molar-refractivity contribution < 1.29 is 0 Å². The van der Waals surface area contributed by atoms with E-state index in [0.717, 1.165) is 28.5 Å². The minimum Gasteiger partial charge on any atom is -0.369 e. The molecule has 5 heteroatoms. The van der Waals surface area contributed by atoms with Crippen LogP contribution in [0.4, 0.5) is 5.95 Å². The highest BCUT2D eigenvalue weighted by molar-refractivity contribution is 9.10. The number of aromatic nitrogens is 2. The lowest BCUT2D eigenvalue weighted by Crippen LogP contribution is -2.03. The molecule has 0 aliphatic carbocycles. The van der Waals surface area contributed by atoms with Gasteiger partial charge < -0.3 is 10.3 Å². The summed E-state index contributed by atoms with van der Waals surface area (Å²) >= 11 is 5.33. The van der Waals surface area contributed by atoms with Gasteiger partial charge in [0, 0.05) is 14.2 Å². The summed E-state index contributed by atoms with van der Waals surface area (Å²) in [7, 11) is 0. The van der Waals surface area contributed by atoms with Gasteiger partial charge in [0.1, 0.15) is 0 Å². The number of nitrogens with two attached hydrogens (primary N) is 1. The van der Waals surface area contributed by atoms with Gasteiger partial charge in [-0.15, -0.1) is 11.3 Å². The Morgan fingerprint density at radius 3 is 2.79 bits per heavy atom. The molecule has 19 heavy (non-hydrogen) atoms. The van der Waals surface area contributed by atoms with E-state index >= 15 is 0 Å². The van der Waals surface area contributed by atoms with Gasteiger partial charge in [0.2, 0.25) is 5.95 Å². The molecule has 0 saturated carbocycles. The second kappa shape index (κ2) is 4.98. The first kappa shape index (κ1) is 12.7. The van der Waals surface area contributed by atoms with Crippen LogP contribution in [0.25, 0.3) is 11.0 Å². The number of imidazole rings is 1. The van der Waals surface area contributed by atoms with Gasteiger partial charge in [-0.05, 0) is 36.8 Å². The van der Waals surface area contributed by atoms with Crippen molar-refractivity contribution >= 4 is 44.2 Å².